The van der Waals surface area contributed by atoms with Crippen molar-refractivity contribution in [1.82, 2.24) is 9.97 Å². The lowest BCUT2D eigenvalue weighted by Crippen LogP contribution is -2.23. The van der Waals surface area contributed by atoms with Crippen LogP contribution >= 0.6 is 0 Å². The van der Waals surface area contributed by atoms with Crippen LogP contribution in [0.1, 0.15) is 77.5 Å². The number of nitrogens with zero attached hydrogens (tertiary/aromatic N) is 2. The molecule has 4 aromatic carbocycles. The van der Waals surface area contributed by atoms with Gasteiger partial charge < -0.3 is 34.2 Å². The fourth-order valence-corrected chi connectivity index (χ4v) is 6.74. The third kappa shape index (κ3) is 11.6. The zero-order valence-corrected chi connectivity index (χ0v) is 35.9. The van der Waals surface area contributed by atoms with Crippen molar-refractivity contribution in [2.24, 2.45) is 5.41 Å². The molecular weight excluding hydrogens is 793 g/mol. The first-order valence-electron chi connectivity index (χ1n) is 20.4. The molecular formula is C50H51F2N3O7. The van der Waals surface area contributed by atoms with Crippen molar-refractivity contribution in [3.63, 3.8) is 0 Å². The van der Waals surface area contributed by atoms with E-state index in [-0.39, 0.29) is 36.0 Å². The first-order valence-corrected chi connectivity index (χ1v) is 20.4. The van der Waals surface area contributed by atoms with E-state index in [1.807, 2.05) is 121 Å². The molecule has 2 N–H and O–H groups in total. The molecule has 0 amide bonds. The molecule has 2 aliphatic rings. The van der Waals surface area contributed by atoms with Crippen molar-refractivity contribution >= 4 is 11.6 Å². The molecule has 4 heterocycles. The lowest BCUT2D eigenvalue weighted by atomic mass is 9.88. The van der Waals surface area contributed by atoms with Crippen LogP contribution in [0.5, 0.6) is 23.0 Å². The van der Waals surface area contributed by atoms with E-state index in [0.717, 1.165) is 33.6 Å². The van der Waals surface area contributed by atoms with Gasteiger partial charge in [0.05, 0.1) is 24.6 Å². The van der Waals surface area contributed by atoms with Gasteiger partial charge >= 0.3 is 0 Å². The van der Waals surface area contributed by atoms with E-state index in [1.54, 1.807) is 24.3 Å². The fourth-order valence-electron chi connectivity index (χ4n) is 6.74. The maximum absolute atomic E-state index is 13.1. The molecule has 62 heavy (non-hydrogen) atoms. The van der Waals surface area contributed by atoms with E-state index >= 15 is 0 Å². The van der Waals surface area contributed by atoms with E-state index in [9.17, 15) is 13.6 Å². The van der Waals surface area contributed by atoms with E-state index in [4.69, 9.17) is 39.1 Å². The van der Waals surface area contributed by atoms with Crippen LogP contribution in [0.4, 0.5) is 14.6 Å². The number of halogens is 2. The summed E-state index contributed by atoms with van der Waals surface area (Å²) in [5, 5.41) is 0. The van der Waals surface area contributed by atoms with Crippen molar-refractivity contribution in [3.8, 4) is 45.5 Å². The van der Waals surface area contributed by atoms with Crippen molar-refractivity contribution in [2.75, 3.05) is 18.9 Å². The fraction of sp³-hybridized carbons (Fsp3) is 0.300. The highest BCUT2D eigenvalue weighted by atomic mass is 19.1. The van der Waals surface area contributed by atoms with Gasteiger partial charge in [0, 0.05) is 28.7 Å². The zero-order valence-electron chi connectivity index (χ0n) is 35.9. The summed E-state index contributed by atoms with van der Waals surface area (Å²) in [4.78, 5) is 21.9. The molecule has 0 unspecified atom stereocenters. The van der Waals surface area contributed by atoms with Crippen molar-refractivity contribution in [1.29, 1.82) is 0 Å². The molecule has 8 rings (SSSR count). The van der Waals surface area contributed by atoms with Crippen LogP contribution in [0.25, 0.3) is 22.5 Å². The molecule has 2 aliphatic heterocycles. The van der Waals surface area contributed by atoms with E-state index < -0.39 is 17.0 Å². The summed E-state index contributed by atoms with van der Waals surface area (Å²) in [6, 6.07) is 34.4. The molecule has 2 fully saturated rings. The van der Waals surface area contributed by atoms with Crippen LogP contribution in [-0.2, 0) is 30.2 Å². The van der Waals surface area contributed by atoms with Crippen LogP contribution in [0.2, 0.25) is 0 Å². The Morgan fingerprint density at radius 2 is 1.02 bits per heavy atom. The van der Waals surface area contributed by atoms with Gasteiger partial charge in [-0.05, 0) is 160 Å². The Bertz CT molecular complexity index is 2490. The maximum Gasteiger partial charge on any atom is 0.163 e. The average molecular weight is 844 g/mol. The first kappa shape index (κ1) is 44.0. The summed E-state index contributed by atoms with van der Waals surface area (Å²) in [5.41, 5.74) is 11.4. The largest absolute Gasteiger partial charge is 0.457 e. The highest BCUT2D eigenvalue weighted by molar-refractivity contribution is 5.85. The van der Waals surface area contributed by atoms with Gasteiger partial charge in [0.2, 0.25) is 0 Å². The number of rotatable bonds is 10. The summed E-state index contributed by atoms with van der Waals surface area (Å²) in [7, 11) is 0. The van der Waals surface area contributed by atoms with Crippen LogP contribution in [-0.4, -0.2) is 40.5 Å². The molecule has 2 aromatic heterocycles. The molecule has 0 aliphatic carbocycles. The second kappa shape index (κ2) is 18.1. The Morgan fingerprint density at radius 3 is 1.40 bits per heavy atom. The Morgan fingerprint density at radius 1 is 0.629 bits per heavy atom. The molecule has 2 saturated heterocycles. The van der Waals surface area contributed by atoms with Crippen molar-refractivity contribution < 1.29 is 42.0 Å². The van der Waals surface area contributed by atoms with Gasteiger partial charge in [-0.1, -0.05) is 20.8 Å². The SMILES string of the molecule is CC1(C)OC[C@H](c2cc(CC(=O)C(C)(C)C)nc(-c3ccc(Oc4ccc(F)cc4)cc3)c2)O1.CC1(C)OC[C@H](c2cc(N)nc(-c3ccc(Oc4ccc(F)cc4)cc3)c2)O1. The number of ketones is 1. The minimum atomic E-state index is -0.658. The molecule has 0 radical (unpaired) electrons. The van der Waals surface area contributed by atoms with Gasteiger partial charge in [-0.25, -0.2) is 13.8 Å². The standard InChI is InChI=1S/C28H30FNO4.C22H21FN2O3/c1-27(2,3)26(31)16-21-14-19(25-17-32-28(4,5)34-25)15-24(30-21)18-6-10-22(11-7-18)33-23-12-8-20(29)9-13-23;1-22(2)26-13-20(28-22)15-11-19(25-21(24)12-15)14-3-7-17(8-4-14)27-18-9-5-16(23)6-10-18/h6-15,25H,16-17H2,1-5H3;3-12,20H,13H2,1-2H3,(H2,24,25)/t25-;20-/m11/s1. The third-order valence-electron chi connectivity index (χ3n) is 10.1. The Labute approximate surface area is 361 Å². The number of carbonyl (C=O) groups is 1. The number of pyridine rings is 2. The molecule has 10 nitrogen and oxygen atoms in total. The summed E-state index contributed by atoms with van der Waals surface area (Å²) >= 11 is 0. The summed E-state index contributed by atoms with van der Waals surface area (Å²) < 4.78 is 61.0. The van der Waals surface area contributed by atoms with Gasteiger partial charge in [0.25, 0.3) is 0 Å². The van der Waals surface area contributed by atoms with E-state index in [0.29, 0.717) is 47.7 Å². The smallest absolute Gasteiger partial charge is 0.163 e. The predicted molar refractivity (Wildman–Crippen MR) is 233 cm³/mol. The number of aromatic nitrogens is 2. The number of hydrogen-bond donors (Lipinski definition) is 1. The predicted octanol–water partition coefficient (Wildman–Crippen LogP) is 11.7. The quantitative estimate of drug-likeness (QED) is 0.142. The number of carbonyl (C=O) groups excluding carboxylic acids is 1. The second-order valence-electron chi connectivity index (χ2n) is 17.1. The summed E-state index contributed by atoms with van der Waals surface area (Å²) in [6.07, 6.45) is -0.172. The highest BCUT2D eigenvalue weighted by Crippen LogP contribution is 2.37. The van der Waals surface area contributed by atoms with Gasteiger partial charge in [-0.3, -0.25) is 9.78 Å². The van der Waals surface area contributed by atoms with Crippen LogP contribution in [0.3, 0.4) is 0 Å². The molecule has 0 saturated carbocycles. The maximum atomic E-state index is 13.1. The van der Waals surface area contributed by atoms with Gasteiger partial charge in [0.15, 0.2) is 11.6 Å². The minimum absolute atomic E-state index is 0.120. The Balaban J connectivity index is 0.000000190. The number of benzene rings is 4. The molecule has 322 valence electrons. The lowest BCUT2D eigenvalue weighted by Gasteiger charge is -2.19. The van der Waals surface area contributed by atoms with Gasteiger partial charge in [-0.2, -0.15) is 0 Å². The Kier molecular flexibility index (Phi) is 12.9. The molecule has 6 aromatic rings. The summed E-state index contributed by atoms with van der Waals surface area (Å²) in [6.45, 7) is 14.2. The number of ether oxygens (including phenoxy) is 6. The van der Waals surface area contributed by atoms with Crippen LogP contribution < -0.4 is 15.2 Å². The number of hydrogen-bond acceptors (Lipinski definition) is 10. The number of Topliss-reactive ketones (excluding diaryl/α,β-unsaturated/α-hetero) is 1. The topological polar surface area (TPSA) is 124 Å². The number of anilines is 1. The molecule has 2 atom stereocenters. The number of nitrogens with two attached hydrogens (primary N) is 1. The van der Waals surface area contributed by atoms with E-state index in [2.05, 4.69) is 4.98 Å². The summed E-state index contributed by atoms with van der Waals surface area (Å²) in [5.74, 6) is 1.07. The number of nitrogen functional groups attached to an aromatic ring is 1. The monoisotopic (exact) mass is 843 g/mol. The van der Waals surface area contributed by atoms with E-state index in [1.165, 1.54) is 24.3 Å². The molecule has 0 bridgehead atoms. The second-order valence-corrected chi connectivity index (χ2v) is 17.1. The lowest BCUT2D eigenvalue weighted by molar-refractivity contribution is -0.139. The van der Waals surface area contributed by atoms with Crippen LogP contribution in [0.15, 0.2) is 121 Å². The first-order chi connectivity index (χ1) is 29.4. The minimum Gasteiger partial charge on any atom is -0.457 e. The average Bonchev–Trinajstić information content (AvgIpc) is 3.80. The Hall–Kier alpha value is -6.05. The molecule has 12 heteroatoms. The van der Waals surface area contributed by atoms with Gasteiger partial charge in [0.1, 0.15) is 58.4 Å². The highest BCUT2D eigenvalue weighted by Gasteiger charge is 2.35. The zero-order chi connectivity index (χ0) is 44.2. The van der Waals surface area contributed by atoms with Crippen LogP contribution in [0, 0.1) is 17.0 Å². The molecule has 0 spiro atoms. The normalized spacial score (nSPS) is 17.8. The van der Waals surface area contributed by atoms with Crippen molar-refractivity contribution in [3.05, 3.63) is 150 Å². The van der Waals surface area contributed by atoms with Crippen molar-refractivity contribution in [2.45, 2.75) is 78.7 Å². The third-order valence-corrected chi connectivity index (χ3v) is 10.1. The van der Waals surface area contributed by atoms with Gasteiger partial charge in [-0.15, -0.1) is 0 Å².